The van der Waals surface area contributed by atoms with Crippen molar-refractivity contribution in [1.82, 2.24) is 4.72 Å². The number of hydrogen-bond donors (Lipinski definition) is 1. The maximum absolute atomic E-state index is 12.2. The van der Waals surface area contributed by atoms with Gasteiger partial charge in [-0.15, -0.1) is 0 Å². The second-order valence-corrected chi connectivity index (χ2v) is 6.71. The van der Waals surface area contributed by atoms with Gasteiger partial charge in [0.15, 0.2) is 0 Å². The van der Waals surface area contributed by atoms with Crippen molar-refractivity contribution in [2.75, 3.05) is 26.9 Å². The van der Waals surface area contributed by atoms with Crippen LogP contribution in [-0.4, -0.2) is 35.3 Å². The van der Waals surface area contributed by atoms with E-state index < -0.39 is 10.0 Å². The molecule has 0 atom stereocenters. The molecule has 0 aliphatic heterocycles. The van der Waals surface area contributed by atoms with Crippen molar-refractivity contribution in [3.8, 4) is 5.75 Å². The molecule has 0 saturated heterocycles. The lowest BCUT2D eigenvalue weighted by atomic mass is 10.2. The van der Waals surface area contributed by atoms with Crippen molar-refractivity contribution in [2.24, 2.45) is 0 Å². The minimum atomic E-state index is -3.50. The lowest BCUT2D eigenvalue weighted by molar-refractivity contribution is 0.146. The molecule has 0 fully saturated rings. The average Bonchev–Trinajstić information content (AvgIpc) is 2.56. The van der Waals surface area contributed by atoms with E-state index in [2.05, 4.69) is 4.72 Å². The van der Waals surface area contributed by atoms with Crippen LogP contribution in [0.1, 0.15) is 5.56 Å². The molecular formula is C17H21NO4S. The Labute approximate surface area is 137 Å². The fourth-order valence-electron chi connectivity index (χ4n) is 2.02. The van der Waals surface area contributed by atoms with Gasteiger partial charge < -0.3 is 9.47 Å². The number of hydrogen-bond acceptors (Lipinski definition) is 4. The summed E-state index contributed by atoms with van der Waals surface area (Å²) in [6, 6.07) is 16.1. The van der Waals surface area contributed by atoms with Gasteiger partial charge in [-0.05, 0) is 36.2 Å². The van der Waals surface area contributed by atoms with Gasteiger partial charge in [0.25, 0.3) is 0 Å². The molecule has 2 rings (SSSR count). The van der Waals surface area contributed by atoms with Crippen LogP contribution in [0.2, 0.25) is 0 Å². The summed E-state index contributed by atoms with van der Waals surface area (Å²) in [5, 5.41) is 0. The van der Waals surface area contributed by atoms with Gasteiger partial charge in [0.05, 0.1) is 11.5 Å². The lowest BCUT2D eigenvalue weighted by Crippen LogP contribution is -2.25. The average molecular weight is 335 g/mol. The number of ether oxygens (including phenoxy) is 2. The van der Waals surface area contributed by atoms with Crippen LogP contribution < -0.4 is 9.46 Å². The number of methoxy groups -OCH3 is 1. The summed E-state index contributed by atoms with van der Waals surface area (Å²) in [6.07, 6.45) is 0.651. The zero-order valence-corrected chi connectivity index (χ0v) is 13.9. The SMILES string of the molecule is COCCOc1ccc(S(=O)(=O)NCCc2ccccc2)cc1. The van der Waals surface area contributed by atoms with Crippen LogP contribution in [0.15, 0.2) is 59.5 Å². The summed E-state index contributed by atoms with van der Waals surface area (Å²) in [5.41, 5.74) is 1.09. The van der Waals surface area contributed by atoms with Crippen LogP contribution in [0.3, 0.4) is 0 Å². The first-order chi connectivity index (χ1) is 11.1. The smallest absolute Gasteiger partial charge is 0.240 e. The first kappa shape index (κ1) is 17.5. The molecule has 0 aliphatic rings. The third-order valence-electron chi connectivity index (χ3n) is 3.24. The van der Waals surface area contributed by atoms with Crippen LogP contribution in [0.5, 0.6) is 5.75 Å². The van der Waals surface area contributed by atoms with Crippen LogP contribution in [0.4, 0.5) is 0 Å². The van der Waals surface area contributed by atoms with Gasteiger partial charge >= 0.3 is 0 Å². The van der Waals surface area contributed by atoms with Gasteiger partial charge in [0.1, 0.15) is 12.4 Å². The molecule has 23 heavy (non-hydrogen) atoms. The molecule has 1 N–H and O–H groups in total. The Kier molecular flexibility index (Phi) is 6.58. The number of rotatable bonds is 9. The first-order valence-electron chi connectivity index (χ1n) is 7.37. The molecule has 6 heteroatoms. The highest BCUT2D eigenvalue weighted by atomic mass is 32.2. The van der Waals surface area contributed by atoms with Gasteiger partial charge in [0, 0.05) is 13.7 Å². The van der Waals surface area contributed by atoms with Gasteiger partial charge in [-0.2, -0.15) is 0 Å². The quantitative estimate of drug-likeness (QED) is 0.714. The number of benzene rings is 2. The minimum Gasteiger partial charge on any atom is -0.491 e. The van der Waals surface area contributed by atoms with E-state index in [1.54, 1.807) is 19.2 Å². The second kappa shape index (κ2) is 8.67. The zero-order chi connectivity index (χ0) is 16.5. The van der Waals surface area contributed by atoms with Gasteiger partial charge in [-0.25, -0.2) is 13.1 Å². The van der Waals surface area contributed by atoms with Crippen LogP contribution >= 0.6 is 0 Å². The summed E-state index contributed by atoms with van der Waals surface area (Å²) in [7, 11) is -1.91. The predicted octanol–water partition coefficient (Wildman–Crippen LogP) is 2.23. The molecule has 0 radical (unpaired) electrons. The van der Waals surface area contributed by atoms with E-state index in [-0.39, 0.29) is 4.90 Å². The summed E-state index contributed by atoms with van der Waals surface area (Å²) in [6.45, 7) is 1.28. The second-order valence-electron chi connectivity index (χ2n) is 4.95. The maximum Gasteiger partial charge on any atom is 0.240 e. The van der Waals surface area contributed by atoms with Crippen molar-refractivity contribution >= 4 is 10.0 Å². The van der Waals surface area contributed by atoms with E-state index in [4.69, 9.17) is 9.47 Å². The molecule has 0 heterocycles. The molecule has 0 bridgehead atoms. The van der Waals surface area contributed by atoms with Crippen molar-refractivity contribution in [3.05, 3.63) is 60.2 Å². The van der Waals surface area contributed by atoms with Crippen molar-refractivity contribution in [1.29, 1.82) is 0 Å². The Morgan fingerprint density at radius 1 is 0.957 bits per heavy atom. The molecule has 5 nitrogen and oxygen atoms in total. The minimum absolute atomic E-state index is 0.227. The Morgan fingerprint density at radius 2 is 1.65 bits per heavy atom. The van der Waals surface area contributed by atoms with E-state index in [1.807, 2.05) is 30.3 Å². The fourth-order valence-corrected chi connectivity index (χ4v) is 3.05. The Morgan fingerprint density at radius 3 is 2.30 bits per heavy atom. The van der Waals surface area contributed by atoms with E-state index in [0.29, 0.717) is 31.9 Å². The predicted molar refractivity (Wildman–Crippen MR) is 89.1 cm³/mol. The Hall–Kier alpha value is -1.89. The molecule has 124 valence electrons. The van der Waals surface area contributed by atoms with E-state index >= 15 is 0 Å². The van der Waals surface area contributed by atoms with E-state index in [1.165, 1.54) is 12.1 Å². The van der Waals surface area contributed by atoms with Gasteiger partial charge in [-0.3, -0.25) is 0 Å². The van der Waals surface area contributed by atoms with E-state index in [9.17, 15) is 8.42 Å². The third kappa shape index (κ3) is 5.67. The highest BCUT2D eigenvalue weighted by Gasteiger charge is 2.13. The molecule has 0 unspecified atom stereocenters. The maximum atomic E-state index is 12.2. The normalized spacial score (nSPS) is 11.3. The Bertz CT molecular complexity index is 684. The van der Waals surface area contributed by atoms with Crippen molar-refractivity contribution in [3.63, 3.8) is 0 Å². The molecule has 0 spiro atoms. The first-order valence-corrected chi connectivity index (χ1v) is 8.85. The van der Waals surface area contributed by atoms with Gasteiger partial charge in [0.2, 0.25) is 10.0 Å². The number of sulfonamides is 1. The molecule has 2 aromatic carbocycles. The monoisotopic (exact) mass is 335 g/mol. The third-order valence-corrected chi connectivity index (χ3v) is 4.72. The zero-order valence-electron chi connectivity index (χ0n) is 13.1. The summed E-state index contributed by atoms with van der Waals surface area (Å²) in [4.78, 5) is 0.227. The van der Waals surface area contributed by atoms with Crippen LogP contribution in [0.25, 0.3) is 0 Å². The van der Waals surface area contributed by atoms with E-state index in [0.717, 1.165) is 5.56 Å². The van der Waals surface area contributed by atoms with Crippen LogP contribution in [0, 0.1) is 0 Å². The van der Waals surface area contributed by atoms with Crippen molar-refractivity contribution < 1.29 is 17.9 Å². The Balaban J connectivity index is 1.88. The fraction of sp³-hybridized carbons (Fsp3) is 0.294. The molecule has 0 aliphatic carbocycles. The molecular weight excluding hydrogens is 314 g/mol. The molecule has 2 aromatic rings. The largest absolute Gasteiger partial charge is 0.491 e. The molecule has 0 saturated carbocycles. The standard InChI is InChI=1S/C17H21NO4S/c1-21-13-14-22-16-7-9-17(10-8-16)23(19,20)18-12-11-15-5-3-2-4-6-15/h2-10,18H,11-14H2,1H3. The van der Waals surface area contributed by atoms with Crippen molar-refractivity contribution in [2.45, 2.75) is 11.3 Å². The molecule has 0 amide bonds. The highest BCUT2D eigenvalue weighted by Crippen LogP contribution is 2.15. The summed E-state index contributed by atoms with van der Waals surface area (Å²) >= 11 is 0. The number of nitrogens with one attached hydrogen (secondary N) is 1. The van der Waals surface area contributed by atoms with Crippen LogP contribution in [-0.2, 0) is 21.2 Å². The topological polar surface area (TPSA) is 64.6 Å². The summed E-state index contributed by atoms with van der Waals surface area (Å²) in [5.74, 6) is 0.616. The van der Waals surface area contributed by atoms with Gasteiger partial charge in [-0.1, -0.05) is 30.3 Å². The summed E-state index contributed by atoms with van der Waals surface area (Å²) < 4.78 is 37.4. The lowest BCUT2D eigenvalue weighted by Gasteiger charge is -2.09. The molecule has 0 aromatic heterocycles. The highest BCUT2D eigenvalue weighted by molar-refractivity contribution is 7.89.